The fraction of sp³-hybridized carbons (Fsp3) is 1.00. The highest BCUT2D eigenvalue weighted by atomic mass is 79.9. The average Bonchev–Trinajstić information content (AvgIpc) is 2.30. The lowest BCUT2D eigenvalue weighted by atomic mass is 9.68. The molecule has 1 rings (SSSR count). The Kier molecular flexibility index (Phi) is 6.37. The summed E-state index contributed by atoms with van der Waals surface area (Å²) in [6.07, 6.45) is 5.63. The second kappa shape index (κ2) is 6.93. The van der Waals surface area contributed by atoms with E-state index in [-0.39, 0.29) is 5.75 Å². The zero-order valence-electron chi connectivity index (χ0n) is 12.8. The lowest BCUT2D eigenvalue weighted by Crippen LogP contribution is -2.32. The third-order valence-corrected chi connectivity index (χ3v) is 7.58. The van der Waals surface area contributed by atoms with Crippen molar-refractivity contribution in [2.45, 2.75) is 64.6 Å². The van der Waals surface area contributed by atoms with Crippen molar-refractivity contribution in [2.75, 3.05) is 11.5 Å². The molecular weight excluding hydrogens is 324 g/mol. The Morgan fingerprint density at radius 1 is 1.21 bits per heavy atom. The molecule has 0 bridgehead atoms. The maximum absolute atomic E-state index is 11.5. The molecule has 3 unspecified atom stereocenters. The van der Waals surface area contributed by atoms with Crippen LogP contribution in [-0.2, 0) is 9.84 Å². The topological polar surface area (TPSA) is 34.1 Å². The Morgan fingerprint density at radius 3 is 2.37 bits per heavy atom. The van der Waals surface area contributed by atoms with Gasteiger partial charge in [-0.3, -0.25) is 0 Å². The number of alkyl halides is 1. The van der Waals surface area contributed by atoms with Gasteiger partial charge in [-0.05, 0) is 49.4 Å². The Hall–Kier alpha value is 0.430. The van der Waals surface area contributed by atoms with Crippen molar-refractivity contribution in [3.8, 4) is 0 Å². The van der Waals surface area contributed by atoms with E-state index >= 15 is 0 Å². The molecule has 4 heteroatoms. The molecule has 0 aromatic rings. The summed E-state index contributed by atoms with van der Waals surface area (Å²) in [4.78, 5) is 0.579. The number of halogens is 1. The van der Waals surface area contributed by atoms with E-state index in [1.807, 2.05) is 0 Å². The van der Waals surface area contributed by atoms with Crippen LogP contribution in [0.25, 0.3) is 0 Å². The van der Waals surface area contributed by atoms with Gasteiger partial charge >= 0.3 is 0 Å². The van der Waals surface area contributed by atoms with E-state index in [1.54, 1.807) is 6.92 Å². The molecule has 0 aliphatic heterocycles. The Morgan fingerprint density at radius 2 is 1.84 bits per heavy atom. The molecule has 114 valence electrons. The quantitative estimate of drug-likeness (QED) is 0.686. The van der Waals surface area contributed by atoms with Crippen LogP contribution < -0.4 is 0 Å². The second-order valence-corrected chi connectivity index (χ2v) is 10.7. The second-order valence-electron chi connectivity index (χ2n) is 7.03. The van der Waals surface area contributed by atoms with E-state index < -0.39 is 9.84 Å². The first-order chi connectivity index (χ1) is 8.65. The minimum absolute atomic E-state index is 0.278. The number of rotatable bonds is 5. The van der Waals surface area contributed by atoms with Gasteiger partial charge in [-0.15, -0.1) is 0 Å². The molecule has 2 nitrogen and oxygen atoms in total. The molecule has 19 heavy (non-hydrogen) atoms. The lowest BCUT2D eigenvalue weighted by Gasteiger charge is -2.40. The number of sulfone groups is 1. The van der Waals surface area contributed by atoms with Gasteiger partial charge in [0, 0.05) is 10.6 Å². The minimum atomic E-state index is -2.80. The van der Waals surface area contributed by atoms with Gasteiger partial charge in [-0.2, -0.15) is 0 Å². The molecule has 0 spiro atoms. The summed E-state index contributed by atoms with van der Waals surface area (Å²) in [5, 5.41) is 0. The molecule has 0 heterocycles. The van der Waals surface area contributed by atoms with Gasteiger partial charge in [0.15, 0.2) is 0 Å². The molecule has 0 saturated heterocycles. The molecule has 1 fully saturated rings. The summed E-state index contributed by atoms with van der Waals surface area (Å²) < 4.78 is 23.1. The van der Waals surface area contributed by atoms with Crippen LogP contribution in [0.3, 0.4) is 0 Å². The first-order valence-corrected chi connectivity index (χ1v) is 10.2. The smallest absolute Gasteiger partial charge is 0.150 e. The van der Waals surface area contributed by atoms with Crippen LogP contribution >= 0.6 is 15.9 Å². The molecule has 0 N–H and O–H groups in total. The molecule has 0 radical (unpaired) electrons. The molecule has 0 aromatic heterocycles. The first-order valence-electron chi connectivity index (χ1n) is 7.50. The number of hydrogen-bond donors (Lipinski definition) is 0. The molecule has 1 aliphatic carbocycles. The van der Waals surface area contributed by atoms with Crippen molar-refractivity contribution < 1.29 is 8.42 Å². The average molecular weight is 353 g/mol. The van der Waals surface area contributed by atoms with E-state index in [9.17, 15) is 8.42 Å². The molecule has 0 aromatic carbocycles. The summed E-state index contributed by atoms with van der Waals surface area (Å²) in [5.74, 6) is 2.05. The summed E-state index contributed by atoms with van der Waals surface area (Å²) in [6, 6.07) is 0. The third kappa shape index (κ3) is 5.74. The number of hydrogen-bond acceptors (Lipinski definition) is 2. The predicted molar refractivity (Wildman–Crippen MR) is 86.6 cm³/mol. The van der Waals surface area contributed by atoms with Gasteiger partial charge in [0.05, 0.1) is 5.75 Å². The molecular formula is C15H29BrO2S. The molecule has 0 amide bonds. The van der Waals surface area contributed by atoms with E-state index in [0.717, 1.165) is 18.8 Å². The summed E-state index contributed by atoms with van der Waals surface area (Å²) in [6.45, 7) is 8.71. The first kappa shape index (κ1) is 17.5. The maximum atomic E-state index is 11.5. The monoisotopic (exact) mass is 352 g/mol. The summed E-state index contributed by atoms with van der Waals surface area (Å²) >= 11 is 3.80. The van der Waals surface area contributed by atoms with Crippen molar-refractivity contribution in [1.29, 1.82) is 0 Å². The van der Waals surface area contributed by atoms with Gasteiger partial charge in [0.1, 0.15) is 9.84 Å². The molecule has 1 saturated carbocycles. The normalized spacial score (nSPS) is 29.4. The van der Waals surface area contributed by atoms with E-state index in [4.69, 9.17) is 0 Å². The van der Waals surface area contributed by atoms with Crippen LogP contribution in [0.15, 0.2) is 0 Å². The van der Waals surface area contributed by atoms with Crippen LogP contribution in [0, 0.1) is 17.3 Å². The maximum Gasteiger partial charge on any atom is 0.150 e. The highest BCUT2D eigenvalue weighted by molar-refractivity contribution is 9.09. The third-order valence-electron chi connectivity index (χ3n) is 4.58. The minimum Gasteiger partial charge on any atom is -0.229 e. The summed E-state index contributed by atoms with van der Waals surface area (Å²) in [7, 11) is -2.80. The highest BCUT2D eigenvalue weighted by Gasteiger charge is 2.34. The van der Waals surface area contributed by atoms with Crippen LogP contribution in [0.4, 0.5) is 0 Å². The van der Waals surface area contributed by atoms with Crippen molar-refractivity contribution in [2.24, 2.45) is 17.3 Å². The van der Waals surface area contributed by atoms with E-state index in [1.165, 1.54) is 19.3 Å². The molecule has 3 atom stereocenters. The molecule has 1 aliphatic rings. The standard InChI is InChI=1S/C15H29BrO2S/c1-5-19(17,18)10-6-7-12-11-13(15(2,3)4)8-9-14(12)16/h12-14H,5-11H2,1-4H3. The van der Waals surface area contributed by atoms with Crippen molar-refractivity contribution in [1.82, 2.24) is 0 Å². The van der Waals surface area contributed by atoms with Crippen LogP contribution in [0.1, 0.15) is 59.8 Å². The van der Waals surface area contributed by atoms with Gasteiger partial charge in [-0.25, -0.2) is 8.42 Å². The van der Waals surface area contributed by atoms with E-state index in [0.29, 0.717) is 21.9 Å². The fourth-order valence-electron chi connectivity index (χ4n) is 3.02. The van der Waals surface area contributed by atoms with Gasteiger partial charge in [0.25, 0.3) is 0 Å². The largest absolute Gasteiger partial charge is 0.229 e. The van der Waals surface area contributed by atoms with E-state index in [2.05, 4.69) is 36.7 Å². The summed E-state index contributed by atoms with van der Waals surface area (Å²) in [5.41, 5.74) is 0.376. The van der Waals surface area contributed by atoms with Crippen LogP contribution in [0.2, 0.25) is 0 Å². The Labute approximate surface area is 127 Å². The lowest BCUT2D eigenvalue weighted by molar-refractivity contribution is 0.142. The zero-order chi connectivity index (χ0) is 14.7. The zero-order valence-corrected chi connectivity index (χ0v) is 15.2. The van der Waals surface area contributed by atoms with Gasteiger partial charge in [0.2, 0.25) is 0 Å². The van der Waals surface area contributed by atoms with Crippen molar-refractivity contribution >= 4 is 25.8 Å². The Balaban J connectivity index is 2.47. The highest BCUT2D eigenvalue weighted by Crippen LogP contribution is 2.43. The van der Waals surface area contributed by atoms with Crippen LogP contribution in [-0.4, -0.2) is 24.8 Å². The van der Waals surface area contributed by atoms with Crippen LogP contribution in [0.5, 0.6) is 0 Å². The van der Waals surface area contributed by atoms with Gasteiger partial charge < -0.3 is 0 Å². The fourth-order valence-corrected chi connectivity index (χ4v) is 4.66. The SMILES string of the molecule is CCS(=O)(=O)CCCC1CC(C(C)(C)C)CCC1Br. The van der Waals surface area contributed by atoms with Crippen molar-refractivity contribution in [3.05, 3.63) is 0 Å². The Bertz CT molecular complexity index is 370. The predicted octanol–water partition coefficient (Wildman–Crippen LogP) is 4.43. The van der Waals surface area contributed by atoms with Crippen molar-refractivity contribution in [3.63, 3.8) is 0 Å². The van der Waals surface area contributed by atoms with Gasteiger partial charge in [-0.1, -0.05) is 43.6 Å².